The Hall–Kier alpha value is -9.52. The fraction of sp³-hybridized carbons (Fsp3) is 0.0154. The van der Waals surface area contributed by atoms with Gasteiger partial charge in [0.2, 0.25) is 0 Å². The summed E-state index contributed by atoms with van der Waals surface area (Å²) in [6.07, 6.45) is 0. The molecule has 12 rings (SSSR count). The zero-order valence-electron chi connectivity index (χ0n) is 38.7. The number of hydrogen-bond acceptors (Lipinski definition) is 4. The summed E-state index contributed by atoms with van der Waals surface area (Å²) in [5, 5.41) is 8.97. The van der Waals surface area contributed by atoms with Crippen molar-refractivity contribution < 1.29 is 0 Å². The molecule has 0 saturated heterocycles. The van der Waals surface area contributed by atoms with E-state index >= 15 is 0 Å². The highest BCUT2D eigenvalue weighted by atomic mass is 15.0. The second kappa shape index (κ2) is 18.9. The minimum Gasteiger partial charge on any atom is -0.261 e. The number of aromatic nitrogens is 3. The van der Waals surface area contributed by atoms with E-state index in [-0.39, 0.29) is 0 Å². The summed E-state index contributed by atoms with van der Waals surface area (Å²) in [5.74, 6) is 2.88. The molecule has 0 saturated carbocycles. The Morgan fingerprint density at radius 2 is 0.789 bits per heavy atom. The average molecular weight is 909 g/mol. The minimum atomic E-state index is 0.437. The first-order chi connectivity index (χ1) is 35.1. The molecule has 0 N–H and O–H groups in total. The Balaban J connectivity index is 1.16. The molecule has 11 aromatic carbocycles. The Morgan fingerprint density at radius 1 is 0.338 bits per heavy atom. The van der Waals surface area contributed by atoms with Crippen molar-refractivity contribution in [3.8, 4) is 56.4 Å². The van der Waals surface area contributed by atoms with Crippen LogP contribution in [0.2, 0.25) is 0 Å². The van der Waals surface area contributed by atoms with Gasteiger partial charge < -0.3 is 0 Å². The normalized spacial score (nSPS) is 11.9. The Labute approximate surface area is 411 Å². The van der Waals surface area contributed by atoms with E-state index in [2.05, 4.69) is 145 Å². The molecule has 6 nitrogen and oxygen atoms in total. The first kappa shape index (κ1) is 42.8. The number of rotatable bonds is 9. The number of benzene rings is 11. The van der Waals surface area contributed by atoms with Crippen LogP contribution < -0.4 is 0 Å². The van der Waals surface area contributed by atoms with E-state index in [1.807, 2.05) is 109 Å². The maximum Gasteiger partial charge on any atom is 0.164 e. The van der Waals surface area contributed by atoms with Crippen molar-refractivity contribution in [3.05, 3.63) is 259 Å². The second-order valence-corrected chi connectivity index (χ2v) is 17.5. The van der Waals surface area contributed by atoms with Gasteiger partial charge in [-0.25, -0.2) is 24.9 Å². The first-order valence-electron chi connectivity index (χ1n) is 23.7. The maximum atomic E-state index is 5.23. The van der Waals surface area contributed by atoms with E-state index < -0.39 is 0 Å². The van der Waals surface area contributed by atoms with Gasteiger partial charge >= 0.3 is 0 Å². The topological polar surface area (TPSA) is 75.8 Å². The molecule has 0 aliphatic rings. The summed E-state index contributed by atoms with van der Waals surface area (Å²) in [6, 6.07) is 84.4. The predicted molar refractivity (Wildman–Crippen MR) is 296 cm³/mol. The molecular formula is C65H44N6. The lowest BCUT2D eigenvalue weighted by atomic mass is 9.84. The number of amidine groups is 2. The summed E-state index contributed by atoms with van der Waals surface area (Å²) in [6.45, 7) is 4.39. The van der Waals surface area contributed by atoms with Gasteiger partial charge in [0.05, 0.1) is 6.54 Å². The number of nitrogens with zero attached hydrogens (tertiary/aromatic N) is 6. The summed E-state index contributed by atoms with van der Waals surface area (Å²) in [5.41, 5.74) is 9.90. The smallest absolute Gasteiger partial charge is 0.164 e. The van der Waals surface area contributed by atoms with Crippen LogP contribution in [0, 0.1) is 0 Å². The van der Waals surface area contributed by atoms with Gasteiger partial charge in [-0.15, -0.1) is 0 Å². The van der Waals surface area contributed by atoms with Crippen molar-refractivity contribution in [3.63, 3.8) is 0 Å². The molecule has 71 heavy (non-hydrogen) atoms. The molecule has 0 fully saturated rings. The Morgan fingerprint density at radius 3 is 1.34 bits per heavy atom. The third kappa shape index (κ3) is 8.56. The highest BCUT2D eigenvalue weighted by Crippen LogP contribution is 2.46. The van der Waals surface area contributed by atoms with Gasteiger partial charge in [-0.3, -0.25) is 4.99 Å². The molecule has 0 amide bonds. The molecule has 0 spiro atoms. The highest BCUT2D eigenvalue weighted by Gasteiger charge is 2.21. The van der Waals surface area contributed by atoms with Crippen LogP contribution in [-0.4, -0.2) is 33.3 Å². The molecular weight excluding hydrogens is 865 g/mol. The lowest BCUT2D eigenvalue weighted by Crippen LogP contribution is -2.06. The fourth-order valence-corrected chi connectivity index (χ4v) is 9.58. The van der Waals surface area contributed by atoms with E-state index in [4.69, 9.17) is 24.9 Å². The molecule has 1 heterocycles. The number of hydrogen-bond donors (Lipinski definition) is 0. The zero-order valence-corrected chi connectivity index (χ0v) is 38.7. The van der Waals surface area contributed by atoms with E-state index in [9.17, 15) is 0 Å². The number of aliphatic imine (C=N–C) groups is 3. The fourth-order valence-electron chi connectivity index (χ4n) is 9.58. The summed E-state index contributed by atoms with van der Waals surface area (Å²) < 4.78 is 0. The van der Waals surface area contributed by atoms with Crippen LogP contribution in [0.5, 0.6) is 0 Å². The van der Waals surface area contributed by atoms with Crippen LogP contribution in [0.25, 0.3) is 99.5 Å². The monoisotopic (exact) mass is 908 g/mol. The van der Waals surface area contributed by atoms with E-state index in [1.165, 1.54) is 10.8 Å². The van der Waals surface area contributed by atoms with Gasteiger partial charge in [0.15, 0.2) is 29.1 Å². The standard InChI is InChI=1S/C65H44N6/c1-66-61(46-22-8-3-9-23-46)68-62(67-42-43-18-6-2-7-19-43)53-34-36-55-57(40-53)59(51-32-30-44-20-14-16-28-49(44)38-51)56-37-35-54(41-58(56)60(55)52-33-31-45-21-15-17-29-50(45)39-52)65-70-63(47-24-10-4-11-25-47)69-64(71-65)48-26-12-5-13-27-48/h2-41H,1,42H2. The molecule has 0 atom stereocenters. The van der Waals surface area contributed by atoms with Crippen LogP contribution in [-0.2, 0) is 6.54 Å². The van der Waals surface area contributed by atoms with Crippen molar-refractivity contribution in [2.75, 3.05) is 0 Å². The van der Waals surface area contributed by atoms with Crippen molar-refractivity contribution >= 4 is 61.5 Å². The Kier molecular flexibility index (Phi) is 11.4. The predicted octanol–water partition coefficient (Wildman–Crippen LogP) is 15.9. The SMILES string of the molecule is C=NC(=NC(=NCc1ccccc1)c1ccc2c(-c3ccc4ccccc4c3)c3cc(-c4nc(-c5ccccc5)nc(-c5ccccc5)n4)ccc3c(-c3ccc4ccccc4c3)c2c1)c1ccccc1. The average Bonchev–Trinajstić information content (AvgIpc) is 3.45. The van der Waals surface area contributed by atoms with Crippen LogP contribution in [0.4, 0.5) is 0 Å². The van der Waals surface area contributed by atoms with Crippen molar-refractivity contribution in [1.82, 2.24) is 15.0 Å². The molecule has 1 aromatic heterocycles. The van der Waals surface area contributed by atoms with Crippen molar-refractivity contribution in [2.24, 2.45) is 15.0 Å². The van der Waals surface area contributed by atoms with Gasteiger partial charge in [-0.2, -0.15) is 0 Å². The summed E-state index contributed by atoms with van der Waals surface area (Å²) in [4.78, 5) is 30.3. The molecule has 0 unspecified atom stereocenters. The largest absolute Gasteiger partial charge is 0.261 e. The number of fused-ring (bicyclic) bond motifs is 4. The minimum absolute atomic E-state index is 0.437. The van der Waals surface area contributed by atoms with Gasteiger partial charge in [-0.1, -0.05) is 218 Å². The molecule has 12 aromatic rings. The second-order valence-electron chi connectivity index (χ2n) is 17.5. The molecule has 0 aliphatic carbocycles. The van der Waals surface area contributed by atoms with Gasteiger partial charge in [0.1, 0.15) is 0 Å². The van der Waals surface area contributed by atoms with Crippen LogP contribution in [0.1, 0.15) is 16.7 Å². The third-order valence-electron chi connectivity index (χ3n) is 13.1. The van der Waals surface area contributed by atoms with Gasteiger partial charge in [0.25, 0.3) is 0 Å². The quantitative estimate of drug-likeness (QED) is 0.0822. The van der Waals surface area contributed by atoms with Crippen LogP contribution in [0.15, 0.2) is 258 Å². The van der Waals surface area contributed by atoms with E-state index in [0.29, 0.717) is 35.7 Å². The molecule has 334 valence electrons. The summed E-state index contributed by atoms with van der Waals surface area (Å²) in [7, 11) is 0. The lowest BCUT2D eigenvalue weighted by Gasteiger charge is -2.20. The van der Waals surface area contributed by atoms with Gasteiger partial charge in [0, 0.05) is 27.8 Å². The molecule has 0 radical (unpaired) electrons. The highest BCUT2D eigenvalue weighted by molar-refractivity contribution is 6.24. The van der Waals surface area contributed by atoms with Crippen LogP contribution in [0.3, 0.4) is 0 Å². The maximum absolute atomic E-state index is 5.23. The third-order valence-corrected chi connectivity index (χ3v) is 13.1. The van der Waals surface area contributed by atoms with Gasteiger partial charge in [-0.05, 0) is 102 Å². The van der Waals surface area contributed by atoms with Crippen LogP contribution >= 0.6 is 0 Å². The Bertz CT molecular complexity index is 3960. The summed E-state index contributed by atoms with van der Waals surface area (Å²) >= 11 is 0. The van der Waals surface area contributed by atoms with Crippen molar-refractivity contribution in [2.45, 2.75) is 6.54 Å². The van der Waals surface area contributed by atoms with Crippen molar-refractivity contribution in [1.29, 1.82) is 0 Å². The molecule has 0 aliphatic heterocycles. The first-order valence-corrected chi connectivity index (χ1v) is 23.7. The molecule has 0 bridgehead atoms. The zero-order chi connectivity index (χ0) is 47.5. The van der Waals surface area contributed by atoms with E-state index in [0.717, 1.165) is 88.0 Å². The molecule has 6 heteroatoms. The lowest BCUT2D eigenvalue weighted by molar-refractivity contribution is 1.06. The van der Waals surface area contributed by atoms with E-state index in [1.54, 1.807) is 0 Å².